The van der Waals surface area contributed by atoms with Crippen LogP contribution in [0, 0.1) is 5.82 Å². The standard InChI is InChI=1S/C28H20Br3FN2O3/c1-36-25-11-10-16(12-17(25)15-37-26-20(30)13-18(29)14-21(26)31)27-33-23-8-4-2-6-19(23)28(35)34(27)24-9-5-3-7-22(24)32/h2-14,27,33H,15H2,1H3. The number of nitrogens with one attached hydrogen (secondary N) is 1. The molecule has 0 bridgehead atoms. The van der Waals surface area contributed by atoms with Crippen LogP contribution >= 0.6 is 47.8 Å². The second-order valence-corrected chi connectivity index (χ2v) is 10.9. The van der Waals surface area contributed by atoms with E-state index in [1.807, 2.05) is 42.5 Å². The molecule has 0 aromatic heterocycles. The topological polar surface area (TPSA) is 50.8 Å². The third-order valence-corrected chi connectivity index (χ3v) is 7.63. The average molecular weight is 691 g/mol. The number of carbonyl (C=O) groups excluding carboxylic acids is 1. The van der Waals surface area contributed by atoms with Crippen molar-refractivity contribution in [2.75, 3.05) is 17.3 Å². The first-order valence-corrected chi connectivity index (χ1v) is 13.6. The van der Waals surface area contributed by atoms with Gasteiger partial charge in [-0.1, -0.05) is 46.3 Å². The Bertz CT molecular complexity index is 1470. The van der Waals surface area contributed by atoms with Gasteiger partial charge in [0, 0.05) is 15.7 Å². The number of halogens is 4. The SMILES string of the molecule is COc1ccc(C2Nc3ccccc3C(=O)N2c2ccccc2F)cc1COc1c(Br)cc(Br)cc1Br. The van der Waals surface area contributed by atoms with Gasteiger partial charge in [0.25, 0.3) is 5.91 Å². The Morgan fingerprint density at radius 2 is 1.65 bits per heavy atom. The Labute approximate surface area is 239 Å². The van der Waals surface area contributed by atoms with Crippen molar-refractivity contribution in [1.82, 2.24) is 0 Å². The first kappa shape index (κ1) is 25.8. The number of rotatable bonds is 6. The van der Waals surface area contributed by atoms with E-state index in [2.05, 4.69) is 53.1 Å². The molecule has 5 nitrogen and oxygen atoms in total. The van der Waals surface area contributed by atoms with E-state index in [0.717, 1.165) is 24.5 Å². The molecule has 37 heavy (non-hydrogen) atoms. The van der Waals surface area contributed by atoms with Crippen LogP contribution in [-0.4, -0.2) is 13.0 Å². The van der Waals surface area contributed by atoms with Crippen molar-refractivity contribution < 1.29 is 18.7 Å². The summed E-state index contributed by atoms with van der Waals surface area (Å²) >= 11 is 10.5. The van der Waals surface area contributed by atoms with Gasteiger partial charge in [-0.25, -0.2) is 4.39 Å². The van der Waals surface area contributed by atoms with Crippen molar-refractivity contribution >= 4 is 65.1 Å². The van der Waals surface area contributed by atoms with Gasteiger partial charge in [0.2, 0.25) is 0 Å². The van der Waals surface area contributed by atoms with Crippen LogP contribution in [0.3, 0.4) is 0 Å². The zero-order valence-electron chi connectivity index (χ0n) is 19.5. The molecule has 0 aliphatic carbocycles. The van der Waals surface area contributed by atoms with Crippen LogP contribution < -0.4 is 19.7 Å². The summed E-state index contributed by atoms with van der Waals surface area (Å²) in [6, 6.07) is 22.9. The maximum absolute atomic E-state index is 14.9. The largest absolute Gasteiger partial charge is 0.496 e. The molecular formula is C28H20Br3FN2O3. The van der Waals surface area contributed by atoms with Crippen molar-refractivity contribution in [3.05, 3.63) is 115 Å². The van der Waals surface area contributed by atoms with Gasteiger partial charge in [0.15, 0.2) is 0 Å². The van der Waals surface area contributed by atoms with Gasteiger partial charge in [-0.2, -0.15) is 0 Å². The van der Waals surface area contributed by atoms with E-state index in [-0.39, 0.29) is 18.2 Å². The molecule has 1 N–H and O–H groups in total. The summed E-state index contributed by atoms with van der Waals surface area (Å²) in [5, 5.41) is 3.42. The van der Waals surface area contributed by atoms with Crippen molar-refractivity contribution in [3.8, 4) is 11.5 Å². The average Bonchev–Trinajstić information content (AvgIpc) is 2.88. The number of methoxy groups -OCH3 is 1. The first-order chi connectivity index (χ1) is 17.9. The molecule has 1 atom stereocenters. The number of benzene rings is 4. The first-order valence-electron chi connectivity index (χ1n) is 11.2. The van der Waals surface area contributed by atoms with Gasteiger partial charge in [0.05, 0.1) is 27.3 Å². The van der Waals surface area contributed by atoms with Crippen molar-refractivity contribution in [2.24, 2.45) is 0 Å². The fourth-order valence-electron chi connectivity index (χ4n) is 4.28. The maximum atomic E-state index is 14.9. The number of hydrogen-bond acceptors (Lipinski definition) is 4. The summed E-state index contributed by atoms with van der Waals surface area (Å²) in [5.41, 5.74) is 2.86. The quantitative estimate of drug-likeness (QED) is 0.221. The van der Waals surface area contributed by atoms with E-state index in [4.69, 9.17) is 9.47 Å². The van der Waals surface area contributed by atoms with Crippen molar-refractivity contribution in [3.63, 3.8) is 0 Å². The molecule has 0 fully saturated rings. The summed E-state index contributed by atoms with van der Waals surface area (Å²) in [6.07, 6.45) is -0.657. The van der Waals surface area contributed by atoms with E-state index in [9.17, 15) is 9.18 Å². The molecule has 0 saturated carbocycles. The lowest BCUT2D eigenvalue weighted by molar-refractivity contribution is 0.0974. The lowest BCUT2D eigenvalue weighted by Crippen LogP contribution is -2.43. The minimum absolute atomic E-state index is 0.191. The number of amides is 1. The number of hydrogen-bond donors (Lipinski definition) is 1. The highest BCUT2D eigenvalue weighted by Gasteiger charge is 2.35. The van der Waals surface area contributed by atoms with Gasteiger partial charge in [0.1, 0.15) is 30.1 Å². The van der Waals surface area contributed by atoms with Crippen LogP contribution in [0.15, 0.2) is 92.3 Å². The molecular weight excluding hydrogens is 671 g/mol. The molecule has 1 heterocycles. The fraction of sp³-hybridized carbons (Fsp3) is 0.107. The number of ether oxygens (including phenoxy) is 2. The highest BCUT2D eigenvalue weighted by Crippen LogP contribution is 2.40. The third-order valence-electron chi connectivity index (χ3n) is 5.99. The normalized spacial score (nSPS) is 14.7. The van der Waals surface area contributed by atoms with E-state index in [0.29, 0.717) is 22.7 Å². The minimum Gasteiger partial charge on any atom is -0.496 e. The molecule has 1 aliphatic rings. The summed E-state index contributed by atoms with van der Waals surface area (Å²) in [7, 11) is 1.59. The second-order valence-electron chi connectivity index (χ2n) is 8.28. The molecule has 1 amide bonds. The van der Waals surface area contributed by atoms with Gasteiger partial charge >= 0.3 is 0 Å². The Kier molecular flexibility index (Phi) is 7.55. The predicted molar refractivity (Wildman–Crippen MR) is 153 cm³/mol. The van der Waals surface area contributed by atoms with Crippen LogP contribution in [0.2, 0.25) is 0 Å². The van der Waals surface area contributed by atoms with E-state index in [1.54, 1.807) is 37.4 Å². The summed E-state index contributed by atoms with van der Waals surface area (Å²) in [6.45, 7) is 0.201. The number of nitrogens with zero attached hydrogens (tertiary/aromatic N) is 1. The molecule has 4 aromatic carbocycles. The Morgan fingerprint density at radius 1 is 0.946 bits per heavy atom. The van der Waals surface area contributed by atoms with Gasteiger partial charge in [-0.15, -0.1) is 0 Å². The van der Waals surface area contributed by atoms with Crippen molar-refractivity contribution in [2.45, 2.75) is 12.8 Å². The number of anilines is 2. The highest BCUT2D eigenvalue weighted by atomic mass is 79.9. The molecule has 1 unspecified atom stereocenters. The lowest BCUT2D eigenvalue weighted by Gasteiger charge is -2.38. The lowest BCUT2D eigenvalue weighted by atomic mass is 10.0. The zero-order valence-corrected chi connectivity index (χ0v) is 24.2. The zero-order chi connectivity index (χ0) is 26.1. The van der Waals surface area contributed by atoms with Gasteiger partial charge < -0.3 is 14.8 Å². The van der Waals surface area contributed by atoms with Crippen LogP contribution in [0.1, 0.15) is 27.7 Å². The summed E-state index contributed by atoms with van der Waals surface area (Å²) in [4.78, 5) is 15.1. The van der Waals surface area contributed by atoms with Crippen LogP contribution in [-0.2, 0) is 6.61 Å². The Balaban J connectivity index is 1.55. The van der Waals surface area contributed by atoms with E-state index >= 15 is 0 Å². The van der Waals surface area contributed by atoms with E-state index < -0.39 is 12.0 Å². The molecule has 1 aliphatic heterocycles. The fourth-order valence-corrected chi connectivity index (χ4v) is 6.77. The number of carbonyl (C=O) groups is 1. The highest BCUT2D eigenvalue weighted by molar-refractivity contribution is 9.11. The Hall–Kier alpha value is -2.88. The maximum Gasteiger partial charge on any atom is 0.262 e. The number of fused-ring (bicyclic) bond motifs is 1. The minimum atomic E-state index is -0.657. The molecule has 0 radical (unpaired) electrons. The smallest absolute Gasteiger partial charge is 0.262 e. The predicted octanol–water partition coefficient (Wildman–Crippen LogP) is 8.47. The van der Waals surface area contributed by atoms with Crippen molar-refractivity contribution in [1.29, 1.82) is 0 Å². The molecule has 0 spiro atoms. The molecule has 188 valence electrons. The number of para-hydroxylation sites is 2. The molecule has 5 rings (SSSR count). The van der Waals surface area contributed by atoms with Crippen LogP contribution in [0.25, 0.3) is 0 Å². The second kappa shape index (κ2) is 10.8. The van der Waals surface area contributed by atoms with Crippen LogP contribution in [0.5, 0.6) is 11.5 Å². The third kappa shape index (κ3) is 5.12. The van der Waals surface area contributed by atoms with Gasteiger partial charge in [-0.05, 0) is 86.0 Å². The van der Waals surface area contributed by atoms with Gasteiger partial charge in [-0.3, -0.25) is 9.69 Å². The molecule has 9 heteroatoms. The van der Waals surface area contributed by atoms with Crippen LogP contribution in [0.4, 0.5) is 15.8 Å². The molecule has 4 aromatic rings. The molecule has 0 saturated heterocycles. The summed E-state index contributed by atoms with van der Waals surface area (Å²) in [5.74, 6) is 0.501. The monoisotopic (exact) mass is 688 g/mol. The van der Waals surface area contributed by atoms with E-state index in [1.165, 1.54) is 11.0 Å². The Morgan fingerprint density at radius 3 is 2.38 bits per heavy atom. The summed E-state index contributed by atoms with van der Waals surface area (Å²) < 4.78 is 29.2.